The number of hydrogen-bond donors (Lipinski definition) is 2. The predicted octanol–water partition coefficient (Wildman–Crippen LogP) is 1.65. The number of aromatic nitrogens is 1. The first-order chi connectivity index (χ1) is 7.99. The van der Waals surface area contributed by atoms with Gasteiger partial charge in [-0.2, -0.15) is 0 Å². The van der Waals surface area contributed by atoms with Gasteiger partial charge >= 0.3 is 0 Å². The maximum atomic E-state index is 11.2. The maximum absolute atomic E-state index is 11.2. The Labute approximate surface area is 104 Å². The van der Waals surface area contributed by atoms with Gasteiger partial charge < -0.3 is 5.73 Å². The highest BCUT2D eigenvalue weighted by Crippen LogP contribution is 2.21. The fourth-order valence-corrected chi connectivity index (χ4v) is 2.29. The number of nitrogens with zero attached hydrogens (tertiary/aromatic N) is 1. The zero-order chi connectivity index (χ0) is 12.5. The molecule has 0 fully saturated rings. The SMILES string of the molecule is CC(C)(NCc1nc2ccccc2s1)C(N)=O. The van der Waals surface area contributed by atoms with Gasteiger partial charge in [-0.15, -0.1) is 11.3 Å². The first kappa shape index (κ1) is 12.0. The molecule has 90 valence electrons. The van der Waals surface area contributed by atoms with Crippen molar-refractivity contribution in [2.75, 3.05) is 0 Å². The quantitative estimate of drug-likeness (QED) is 0.865. The number of hydrogen-bond acceptors (Lipinski definition) is 4. The number of nitrogens with one attached hydrogen (secondary N) is 1. The lowest BCUT2D eigenvalue weighted by Gasteiger charge is -2.21. The zero-order valence-corrected chi connectivity index (χ0v) is 10.7. The molecule has 0 unspecified atom stereocenters. The summed E-state index contributed by atoms with van der Waals surface area (Å²) in [5.41, 5.74) is 5.57. The topological polar surface area (TPSA) is 68.0 Å². The van der Waals surface area contributed by atoms with Crippen LogP contribution in [0.1, 0.15) is 18.9 Å². The van der Waals surface area contributed by atoms with E-state index in [4.69, 9.17) is 5.73 Å². The highest BCUT2D eigenvalue weighted by Gasteiger charge is 2.24. The van der Waals surface area contributed by atoms with Crippen LogP contribution in [-0.2, 0) is 11.3 Å². The van der Waals surface area contributed by atoms with Crippen molar-refractivity contribution in [1.82, 2.24) is 10.3 Å². The summed E-state index contributed by atoms with van der Waals surface area (Å²) < 4.78 is 1.15. The molecule has 0 saturated heterocycles. The molecule has 3 N–H and O–H groups in total. The third kappa shape index (κ3) is 2.62. The Hall–Kier alpha value is -1.46. The van der Waals surface area contributed by atoms with Crippen molar-refractivity contribution in [3.05, 3.63) is 29.3 Å². The number of fused-ring (bicyclic) bond motifs is 1. The summed E-state index contributed by atoms with van der Waals surface area (Å²) in [7, 11) is 0. The molecule has 0 radical (unpaired) electrons. The lowest BCUT2D eigenvalue weighted by Crippen LogP contribution is -2.50. The zero-order valence-electron chi connectivity index (χ0n) is 9.86. The summed E-state index contributed by atoms with van der Waals surface area (Å²) >= 11 is 1.62. The van der Waals surface area contributed by atoms with Crippen LogP contribution in [0.2, 0.25) is 0 Å². The number of benzene rings is 1. The molecule has 1 aromatic heterocycles. The maximum Gasteiger partial charge on any atom is 0.237 e. The molecule has 1 heterocycles. The van der Waals surface area contributed by atoms with Gasteiger partial charge in [0.1, 0.15) is 5.01 Å². The standard InChI is InChI=1S/C12H15N3OS/c1-12(2,11(13)16)14-7-10-15-8-5-3-4-6-9(8)17-10/h3-6,14H,7H2,1-2H3,(H2,13,16). The van der Waals surface area contributed by atoms with E-state index in [1.54, 1.807) is 25.2 Å². The Morgan fingerprint density at radius 2 is 2.18 bits per heavy atom. The van der Waals surface area contributed by atoms with Crippen molar-refractivity contribution in [3.8, 4) is 0 Å². The molecule has 2 rings (SSSR count). The number of primary amides is 1. The highest BCUT2D eigenvalue weighted by molar-refractivity contribution is 7.18. The third-order valence-electron chi connectivity index (χ3n) is 2.64. The van der Waals surface area contributed by atoms with E-state index in [9.17, 15) is 4.79 Å². The smallest absolute Gasteiger partial charge is 0.237 e. The van der Waals surface area contributed by atoms with Crippen molar-refractivity contribution in [2.45, 2.75) is 25.9 Å². The molecule has 1 aromatic carbocycles. The fourth-order valence-electron chi connectivity index (χ4n) is 1.38. The lowest BCUT2D eigenvalue weighted by atomic mass is 10.1. The number of nitrogens with two attached hydrogens (primary N) is 1. The molecule has 2 aromatic rings. The molecule has 0 aliphatic carbocycles. The van der Waals surface area contributed by atoms with Gasteiger partial charge in [-0.05, 0) is 26.0 Å². The van der Waals surface area contributed by atoms with Crippen molar-refractivity contribution >= 4 is 27.5 Å². The average molecular weight is 249 g/mol. The molecule has 0 saturated carbocycles. The number of amides is 1. The van der Waals surface area contributed by atoms with Gasteiger partial charge in [0.2, 0.25) is 5.91 Å². The number of carbonyl (C=O) groups excluding carboxylic acids is 1. The van der Waals surface area contributed by atoms with Gasteiger partial charge in [-0.3, -0.25) is 10.1 Å². The van der Waals surface area contributed by atoms with Crippen molar-refractivity contribution in [2.24, 2.45) is 5.73 Å². The van der Waals surface area contributed by atoms with E-state index in [-0.39, 0.29) is 5.91 Å². The summed E-state index contributed by atoms with van der Waals surface area (Å²) in [5, 5.41) is 4.07. The molecule has 5 heteroatoms. The van der Waals surface area contributed by atoms with E-state index in [2.05, 4.69) is 10.3 Å². The second-order valence-electron chi connectivity index (χ2n) is 4.42. The third-order valence-corrected chi connectivity index (χ3v) is 3.67. The molecular formula is C12H15N3OS. The van der Waals surface area contributed by atoms with Gasteiger partial charge in [0.05, 0.1) is 15.8 Å². The molecule has 0 aliphatic heterocycles. The van der Waals surface area contributed by atoms with E-state index < -0.39 is 5.54 Å². The second kappa shape index (κ2) is 4.43. The number of rotatable bonds is 4. The summed E-state index contributed by atoms with van der Waals surface area (Å²) in [6.07, 6.45) is 0. The number of thiazole rings is 1. The Bertz CT molecular complexity index is 514. The van der Waals surface area contributed by atoms with Crippen LogP contribution >= 0.6 is 11.3 Å². The van der Waals surface area contributed by atoms with Crippen LogP contribution in [0.3, 0.4) is 0 Å². The van der Waals surface area contributed by atoms with Gasteiger partial charge in [-0.25, -0.2) is 4.98 Å². The van der Waals surface area contributed by atoms with Crippen LogP contribution in [-0.4, -0.2) is 16.4 Å². The molecule has 0 atom stereocenters. The van der Waals surface area contributed by atoms with Crippen LogP contribution < -0.4 is 11.1 Å². The van der Waals surface area contributed by atoms with Crippen LogP contribution in [0, 0.1) is 0 Å². The minimum Gasteiger partial charge on any atom is -0.368 e. The lowest BCUT2D eigenvalue weighted by molar-refractivity contribution is -0.123. The van der Waals surface area contributed by atoms with Gasteiger partial charge in [0.15, 0.2) is 0 Å². The predicted molar refractivity (Wildman–Crippen MR) is 69.7 cm³/mol. The molecule has 4 nitrogen and oxygen atoms in total. The van der Waals surface area contributed by atoms with Crippen molar-refractivity contribution < 1.29 is 4.79 Å². The number of carbonyl (C=O) groups is 1. The van der Waals surface area contributed by atoms with E-state index in [1.165, 1.54) is 0 Å². The molecule has 0 bridgehead atoms. The summed E-state index contributed by atoms with van der Waals surface area (Å²) in [6, 6.07) is 7.97. The highest BCUT2D eigenvalue weighted by atomic mass is 32.1. The van der Waals surface area contributed by atoms with E-state index in [1.807, 2.05) is 24.3 Å². The Balaban J connectivity index is 2.12. The summed E-state index contributed by atoms with van der Waals surface area (Å²) in [6.45, 7) is 4.08. The minimum atomic E-state index is -0.710. The van der Waals surface area contributed by atoms with Crippen LogP contribution in [0.15, 0.2) is 24.3 Å². The Morgan fingerprint density at radius 3 is 2.82 bits per heavy atom. The Kier molecular flexibility index (Phi) is 3.13. The second-order valence-corrected chi connectivity index (χ2v) is 5.53. The fraction of sp³-hybridized carbons (Fsp3) is 0.333. The number of para-hydroxylation sites is 1. The molecule has 0 aliphatic rings. The van der Waals surface area contributed by atoms with E-state index in [0.717, 1.165) is 15.2 Å². The van der Waals surface area contributed by atoms with Crippen LogP contribution in [0.4, 0.5) is 0 Å². The minimum absolute atomic E-state index is 0.362. The molecule has 1 amide bonds. The first-order valence-corrected chi connectivity index (χ1v) is 6.20. The van der Waals surface area contributed by atoms with Gasteiger partial charge in [0, 0.05) is 6.54 Å². The molecule has 17 heavy (non-hydrogen) atoms. The summed E-state index contributed by atoms with van der Waals surface area (Å²) in [4.78, 5) is 15.6. The van der Waals surface area contributed by atoms with Gasteiger partial charge in [-0.1, -0.05) is 12.1 Å². The van der Waals surface area contributed by atoms with E-state index >= 15 is 0 Å². The average Bonchev–Trinajstić information content (AvgIpc) is 2.69. The largest absolute Gasteiger partial charge is 0.368 e. The van der Waals surface area contributed by atoms with Crippen LogP contribution in [0.25, 0.3) is 10.2 Å². The normalized spacial score (nSPS) is 11.9. The van der Waals surface area contributed by atoms with Gasteiger partial charge in [0.25, 0.3) is 0 Å². The van der Waals surface area contributed by atoms with Crippen molar-refractivity contribution in [3.63, 3.8) is 0 Å². The Morgan fingerprint density at radius 1 is 1.47 bits per heavy atom. The molecule has 0 spiro atoms. The summed E-state index contributed by atoms with van der Waals surface area (Å²) in [5.74, 6) is -0.362. The monoisotopic (exact) mass is 249 g/mol. The van der Waals surface area contributed by atoms with Crippen LogP contribution in [0.5, 0.6) is 0 Å². The first-order valence-electron chi connectivity index (χ1n) is 5.38. The van der Waals surface area contributed by atoms with E-state index in [0.29, 0.717) is 6.54 Å². The molecular weight excluding hydrogens is 234 g/mol. The van der Waals surface area contributed by atoms with Crippen molar-refractivity contribution in [1.29, 1.82) is 0 Å².